The second kappa shape index (κ2) is 14.8. The Morgan fingerprint density at radius 1 is 0.841 bits per heavy atom. The number of amides is 4. The van der Waals surface area contributed by atoms with Crippen LogP contribution in [0.1, 0.15) is 41.1 Å². The molecule has 2 aliphatic carbocycles. The van der Waals surface area contributed by atoms with Crippen molar-refractivity contribution in [2.75, 3.05) is 17.5 Å². The van der Waals surface area contributed by atoms with E-state index in [1.807, 2.05) is 0 Å². The van der Waals surface area contributed by atoms with E-state index < -0.39 is 98.9 Å². The Labute approximate surface area is 367 Å². The molecule has 2 aliphatic heterocycles. The Balaban J connectivity index is 1.22. The molecule has 2 N–H and O–H groups in total. The van der Waals surface area contributed by atoms with Gasteiger partial charge in [0.25, 0.3) is 23.6 Å². The molecule has 4 heterocycles. The van der Waals surface area contributed by atoms with Crippen LogP contribution in [0.4, 0.5) is 38.0 Å². The first-order valence-corrected chi connectivity index (χ1v) is 20.3. The molecule has 11 nitrogen and oxygen atoms in total. The quantitative estimate of drug-likeness (QED) is 0.0970. The normalized spacial score (nSPS) is 24.7. The molecule has 0 spiro atoms. The molecular weight excluding hydrogens is 901 g/mol. The van der Waals surface area contributed by atoms with Crippen molar-refractivity contribution in [3.63, 3.8) is 0 Å². The van der Waals surface area contributed by atoms with Gasteiger partial charge < -0.3 is 5.11 Å². The van der Waals surface area contributed by atoms with Crippen molar-refractivity contribution in [2.45, 2.75) is 36.5 Å². The van der Waals surface area contributed by atoms with Gasteiger partial charge in [-0.25, -0.2) is 9.97 Å². The van der Waals surface area contributed by atoms with Crippen LogP contribution in [0.15, 0.2) is 96.7 Å². The molecule has 20 heteroatoms. The lowest BCUT2D eigenvalue weighted by atomic mass is 9.49. The lowest BCUT2D eigenvalue weighted by molar-refractivity contribution is -0.142. The van der Waals surface area contributed by atoms with Gasteiger partial charge in [-0.15, -0.1) is 0 Å². The van der Waals surface area contributed by atoms with Gasteiger partial charge in [-0.05, 0) is 60.0 Å². The van der Waals surface area contributed by atoms with E-state index in [1.54, 1.807) is 42.5 Å². The van der Waals surface area contributed by atoms with Crippen molar-refractivity contribution in [3.05, 3.63) is 134 Å². The standard InChI is InChI=1S/C43H29Cl3F6N6O5/c1-56(36-29(45)14-15-31(54-36)43(50,51)52)58-37(60)25-13-12-24-27(32(25)39(58)62)17-28-38(61)57(55-35-30(46)16-21(18-53-35)42(47,48)49)40(63)41(28,20-7-9-22(44)10-8-20)33(24)26-11-6-19-4-2-3-5-23(19)34(26)59/h2-12,14-16,18,25,27-28,32-33,59H,13,17H2,1H3,(H,53,55)/t25-,27+,28-,32-,33+,41+/m0/s1. The number of carbonyl (C=O) groups excluding carboxylic acids is 4. The van der Waals surface area contributed by atoms with Crippen LogP contribution >= 0.6 is 34.8 Å². The number of fused-ring (bicyclic) bond motifs is 5. The number of hydrogen-bond acceptors (Lipinski definition) is 9. The Hall–Kier alpha value is -5.91. The summed E-state index contributed by atoms with van der Waals surface area (Å²) in [6.45, 7) is 0. The number of nitrogens with zero attached hydrogens (tertiary/aromatic N) is 5. The number of aromatic nitrogens is 2. The summed E-state index contributed by atoms with van der Waals surface area (Å²) in [6, 6.07) is 18.4. The van der Waals surface area contributed by atoms with Crippen LogP contribution in [0.5, 0.6) is 5.75 Å². The van der Waals surface area contributed by atoms with Crippen molar-refractivity contribution in [1.82, 2.24) is 20.0 Å². The van der Waals surface area contributed by atoms with E-state index >= 15 is 9.59 Å². The van der Waals surface area contributed by atoms with Gasteiger partial charge >= 0.3 is 12.4 Å². The zero-order chi connectivity index (χ0) is 45.1. The van der Waals surface area contributed by atoms with E-state index in [4.69, 9.17) is 34.8 Å². The van der Waals surface area contributed by atoms with Gasteiger partial charge in [0.05, 0.1) is 38.8 Å². The molecule has 2 saturated heterocycles. The lowest BCUT2D eigenvalue weighted by Gasteiger charge is -2.50. The average molecular weight is 930 g/mol. The summed E-state index contributed by atoms with van der Waals surface area (Å²) in [5.74, 6) is -10.7. The second-order valence-corrected chi connectivity index (χ2v) is 16.9. The molecule has 1 saturated carbocycles. The Morgan fingerprint density at radius 3 is 2.24 bits per heavy atom. The topological polar surface area (TPSA) is 136 Å². The van der Waals surface area contributed by atoms with Crippen LogP contribution in [-0.2, 0) is 36.9 Å². The predicted molar refractivity (Wildman–Crippen MR) is 217 cm³/mol. The molecule has 63 heavy (non-hydrogen) atoms. The molecule has 4 aliphatic rings. The number of pyridine rings is 2. The first kappa shape index (κ1) is 42.4. The highest BCUT2D eigenvalue weighted by atomic mass is 35.5. The van der Waals surface area contributed by atoms with Crippen molar-refractivity contribution >= 4 is 80.8 Å². The van der Waals surface area contributed by atoms with Crippen molar-refractivity contribution in [2.24, 2.45) is 23.7 Å². The molecule has 6 atom stereocenters. The van der Waals surface area contributed by atoms with E-state index in [-0.39, 0.29) is 39.8 Å². The van der Waals surface area contributed by atoms with Gasteiger partial charge in [-0.2, -0.15) is 36.4 Å². The summed E-state index contributed by atoms with van der Waals surface area (Å²) in [7, 11) is 1.17. The summed E-state index contributed by atoms with van der Waals surface area (Å²) < 4.78 is 82.0. The number of nitrogens with one attached hydrogen (secondary N) is 1. The zero-order valence-electron chi connectivity index (χ0n) is 32.2. The summed E-state index contributed by atoms with van der Waals surface area (Å²) in [6.07, 6.45) is -7.92. The van der Waals surface area contributed by atoms with Gasteiger partial charge in [0.15, 0.2) is 11.6 Å². The Kier molecular flexibility index (Phi) is 9.99. The number of anilines is 2. The summed E-state index contributed by atoms with van der Waals surface area (Å²) >= 11 is 18.9. The highest BCUT2D eigenvalue weighted by Crippen LogP contribution is 2.65. The van der Waals surface area contributed by atoms with Gasteiger partial charge in [0.2, 0.25) is 0 Å². The number of halogens is 9. The van der Waals surface area contributed by atoms with E-state index in [0.717, 1.165) is 11.1 Å². The number of allylic oxidation sites excluding steroid dienone is 2. The first-order chi connectivity index (χ1) is 29.7. The van der Waals surface area contributed by atoms with Crippen molar-refractivity contribution in [3.8, 4) is 5.75 Å². The second-order valence-electron chi connectivity index (χ2n) is 15.7. The van der Waals surface area contributed by atoms with Crippen molar-refractivity contribution < 1.29 is 50.6 Å². The molecule has 9 rings (SSSR count). The molecule has 0 bridgehead atoms. The number of rotatable bonds is 6. The monoisotopic (exact) mass is 928 g/mol. The molecule has 3 fully saturated rings. The maximum Gasteiger partial charge on any atom is 0.433 e. The number of carbonyl (C=O) groups is 4. The minimum atomic E-state index is -4.89. The average Bonchev–Trinajstić information content (AvgIpc) is 3.61. The third-order valence-electron chi connectivity index (χ3n) is 12.5. The minimum absolute atomic E-state index is 0.101. The van der Waals surface area contributed by atoms with Crippen LogP contribution < -0.4 is 10.4 Å². The summed E-state index contributed by atoms with van der Waals surface area (Å²) in [4.78, 5) is 67.0. The van der Waals surface area contributed by atoms with E-state index in [9.17, 15) is 41.0 Å². The van der Waals surface area contributed by atoms with Crippen LogP contribution in [0.3, 0.4) is 0 Å². The lowest BCUT2D eigenvalue weighted by Crippen LogP contribution is -2.53. The van der Waals surface area contributed by atoms with Gasteiger partial charge in [0, 0.05) is 35.1 Å². The third-order valence-corrected chi connectivity index (χ3v) is 13.3. The number of alkyl halides is 6. The molecule has 5 aromatic rings. The number of benzene rings is 3. The maximum atomic E-state index is 15.5. The largest absolute Gasteiger partial charge is 0.507 e. The maximum absolute atomic E-state index is 15.5. The summed E-state index contributed by atoms with van der Waals surface area (Å²) in [5, 5.41) is 14.8. The van der Waals surface area contributed by atoms with Crippen molar-refractivity contribution in [1.29, 1.82) is 0 Å². The molecule has 0 unspecified atom stereocenters. The van der Waals surface area contributed by atoms with Gasteiger partial charge in [-0.1, -0.05) is 95.0 Å². The molecule has 3 aromatic carbocycles. The summed E-state index contributed by atoms with van der Waals surface area (Å²) in [5.41, 5.74) is -1.10. The number of imide groups is 2. The van der Waals surface area contributed by atoms with E-state index in [1.165, 1.54) is 31.3 Å². The fourth-order valence-electron chi connectivity index (χ4n) is 9.82. The Bertz CT molecular complexity index is 2830. The number of phenols is 1. The van der Waals surface area contributed by atoms with Crippen LogP contribution in [0.25, 0.3) is 10.8 Å². The molecular formula is C43H29Cl3F6N6O5. The van der Waals surface area contributed by atoms with Gasteiger partial charge in [0.1, 0.15) is 11.4 Å². The minimum Gasteiger partial charge on any atom is -0.507 e. The van der Waals surface area contributed by atoms with Crippen LogP contribution in [0, 0.1) is 23.7 Å². The highest BCUT2D eigenvalue weighted by Gasteiger charge is 2.71. The van der Waals surface area contributed by atoms with E-state index in [0.29, 0.717) is 44.7 Å². The zero-order valence-corrected chi connectivity index (χ0v) is 34.4. The molecule has 0 radical (unpaired) electrons. The molecule has 324 valence electrons. The molecule has 4 amide bonds. The fraction of sp³-hybridized carbons (Fsp3) is 0.256. The molecule has 2 aromatic heterocycles. The van der Waals surface area contributed by atoms with E-state index in [2.05, 4.69) is 15.4 Å². The smallest absolute Gasteiger partial charge is 0.433 e. The third kappa shape index (κ3) is 6.48. The highest BCUT2D eigenvalue weighted by molar-refractivity contribution is 6.33. The SMILES string of the molecule is CN(c1nc(C(F)(F)F)ccc1Cl)N1C(=O)[C@H]2[C@H](CC=C3[C@H]2C[C@H]2C(=O)N(Nc4ncc(C(F)(F)F)cc4Cl)C(=O)[C@@]2(c2ccc(Cl)cc2)[C@H]3c2ccc3ccccc3c2O)C1=O. The number of hydrogen-bond donors (Lipinski definition) is 2. The number of phenolic OH excluding ortho intramolecular Hbond substituents is 1. The number of hydrazine groups is 2. The predicted octanol–water partition coefficient (Wildman–Crippen LogP) is 9.37. The number of aromatic hydroxyl groups is 1. The Morgan fingerprint density at radius 2 is 1.56 bits per heavy atom. The fourth-order valence-corrected chi connectivity index (χ4v) is 10.4. The van der Waals surface area contributed by atoms with Gasteiger partial charge in [-0.3, -0.25) is 29.6 Å². The van der Waals surface area contributed by atoms with Crippen LogP contribution in [-0.4, -0.2) is 55.8 Å². The first-order valence-electron chi connectivity index (χ1n) is 19.1. The van der Waals surface area contributed by atoms with Crippen LogP contribution in [0.2, 0.25) is 15.1 Å².